The molecule has 1 heterocycles. The molecule has 0 aliphatic heterocycles. The second-order valence-electron chi connectivity index (χ2n) is 9.77. The number of hydrogen-bond donors (Lipinski definition) is 0. The smallest absolute Gasteiger partial charge is 0.0777 e. The second-order valence-corrected chi connectivity index (χ2v) is 14.9. The predicted molar refractivity (Wildman–Crippen MR) is 128 cm³/mol. The molecule has 29 heavy (non-hydrogen) atoms. The molecule has 2 heteroatoms. The highest BCUT2D eigenvalue weighted by molar-refractivity contribution is 6.88. The maximum absolute atomic E-state index is 4.71. The van der Waals surface area contributed by atoms with Crippen molar-refractivity contribution < 1.29 is 0 Å². The van der Waals surface area contributed by atoms with Crippen LogP contribution in [0.15, 0.2) is 72.9 Å². The highest BCUT2D eigenvalue weighted by atomic mass is 28.3. The van der Waals surface area contributed by atoms with Gasteiger partial charge in [0.25, 0.3) is 0 Å². The molecule has 144 valence electrons. The molecular formula is C27H27NSi. The summed E-state index contributed by atoms with van der Waals surface area (Å²) in [6.45, 7) is 11.9. The molecule has 1 aliphatic rings. The van der Waals surface area contributed by atoms with E-state index >= 15 is 0 Å². The van der Waals surface area contributed by atoms with E-state index < -0.39 is 8.07 Å². The number of rotatable bonds is 2. The van der Waals surface area contributed by atoms with E-state index in [4.69, 9.17) is 4.98 Å². The van der Waals surface area contributed by atoms with Crippen LogP contribution in [-0.4, -0.2) is 13.1 Å². The first-order chi connectivity index (χ1) is 13.8. The van der Waals surface area contributed by atoms with Crippen LogP contribution in [0.25, 0.3) is 33.2 Å². The fraction of sp³-hybridized carbons (Fsp3) is 0.222. The second kappa shape index (κ2) is 6.14. The number of benzene rings is 3. The summed E-state index contributed by atoms with van der Waals surface area (Å²) in [4.78, 5) is 4.71. The minimum absolute atomic E-state index is 0.00232. The van der Waals surface area contributed by atoms with Crippen LogP contribution in [-0.2, 0) is 5.41 Å². The van der Waals surface area contributed by atoms with Gasteiger partial charge in [-0.15, -0.1) is 0 Å². The third-order valence-electron chi connectivity index (χ3n) is 6.46. The Balaban J connectivity index is 1.72. The van der Waals surface area contributed by atoms with Crippen LogP contribution < -0.4 is 5.19 Å². The van der Waals surface area contributed by atoms with Gasteiger partial charge in [-0.05, 0) is 51.2 Å². The van der Waals surface area contributed by atoms with Crippen molar-refractivity contribution in [3.8, 4) is 22.4 Å². The summed E-state index contributed by atoms with van der Waals surface area (Å²) in [6, 6.07) is 24.7. The van der Waals surface area contributed by atoms with Crippen LogP contribution in [0.1, 0.15) is 25.0 Å². The largest absolute Gasteiger partial charge is 0.256 e. The van der Waals surface area contributed by atoms with Crippen LogP contribution in [0.3, 0.4) is 0 Å². The molecular weight excluding hydrogens is 366 g/mol. The number of fused-ring (bicyclic) bond motifs is 5. The van der Waals surface area contributed by atoms with Gasteiger partial charge in [0.2, 0.25) is 0 Å². The molecule has 0 saturated heterocycles. The van der Waals surface area contributed by atoms with E-state index in [0.717, 1.165) is 5.69 Å². The highest BCUT2D eigenvalue weighted by Crippen LogP contribution is 2.51. The lowest BCUT2D eigenvalue weighted by atomic mass is 9.80. The molecule has 1 aromatic heterocycles. The zero-order chi connectivity index (χ0) is 20.4. The average molecular weight is 394 g/mol. The molecule has 1 aliphatic carbocycles. The Labute approximate surface area is 174 Å². The number of aromatic nitrogens is 1. The molecule has 0 radical (unpaired) electrons. The van der Waals surface area contributed by atoms with Crippen LogP contribution >= 0.6 is 0 Å². The molecule has 0 atom stereocenters. The summed E-state index contributed by atoms with van der Waals surface area (Å²) >= 11 is 0. The Kier molecular flexibility index (Phi) is 3.88. The number of nitrogens with zero attached hydrogens (tertiary/aromatic N) is 1. The zero-order valence-corrected chi connectivity index (χ0v) is 18.9. The quantitative estimate of drug-likeness (QED) is 0.343. The average Bonchev–Trinajstić information content (AvgIpc) is 2.94. The molecule has 1 nitrogen and oxygen atoms in total. The summed E-state index contributed by atoms with van der Waals surface area (Å²) in [6.07, 6.45) is 1.97. The molecule has 0 spiro atoms. The lowest BCUT2D eigenvalue weighted by Gasteiger charge is -2.23. The molecule has 5 rings (SSSR count). The zero-order valence-electron chi connectivity index (χ0n) is 17.9. The topological polar surface area (TPSA) is 12.9 Å². The highest BCUT2D eigenvalue weighted by Gasteiger charge is 2.36. The molecule has 0 fully saturated rings. The van der Waals surface area contributed by atoms with E-state index in [0.29, 0.717) is 0 Å². The molecule has 0 N–H and O–H groups in total. The third-order valence-corrected chi connectivity index (χ3v) is 8.50. The van der Waals surface area contributed by atoms with Crippen LogP contribution in [0.2, 0.25) is 19.6 Å². The van der Waals surface area contributed by atoms with E-state index in [-0.39, 0.29) is 5.41 Å². The fourth-order valence-electron chi connectivity index (χ4n) is 4.83. The first-order valence-corrected chi connectivity index (χ1v) is 13.9. The molecule has 3 aromatic carbocycles. The Morgan fingerprint density at radius 2 is 1.59 bits per heavy atom. The molecule has 0 unspecified atom stereocenters. The monoisotopic (exact) mass is 393 g/mol. The van der Waals surface area contributed by atoms with Crippen molar-refractivity contribution in [2.24, 2.45) is 0 Å². The van der Waals surface area contributed by atoms with E-state index in [1.54, 1.807) is 0 Å². The molecule has 0 saturated carbocycles. The molecule has 4 aromatic rings. The first kappa shape index (κ1) is 18.3. The summed E-state index contributed by atoms with van der Waals surface area (Å²) < 4.78 is 0. The van der Waals surface area contributed by atoms with Crippen LogP contribution in [0.4, 0.5) is 0 Å². The lowest BCUT2D eigenvalue weighted by molar-refractivity contribution is 0.666. The maximum atomic E-state index is 4.71. The van der Waals surface area contributed by atoms with Gasteiger partial charge in [-0.3, -0.25) is 4.98 Å². The fourth-order valence-corrected chi connectivity index (χ4v) is 5.97. The van der Waals surface area contributed by atoms with Crippen molar-refractivity contribution in [2.45, 2.75) is 38.9 Å². The maximum Gasteiger partial charge on any atom is 0.0777 e. The minimum Gasteiger partial charge on any atom is -0.256 e. The van der Waals surface area contributed by atoms with Gasteiger partial charge in [0, 0.05) is 17.2 Å². The summed E-state index contributed by atoms with van der Waals surface area (Å²) in [5.41, 5.74) is 7.87. The first-order valence-electron chi connectivity index (χ1n) is 10.4. The molecule has 0 amide bonds. The Bertz CT molecular complexity index is 1260. The molecule has 0 bridgehead atoms. The standard InChI is InChI=1S/C27H27NSi/c1-27(2)24-13-11-19(25-17-20(14-15-28-25)29(3,4)5)16-23(24)22-12-10-18-8-6-7-9-21(18)26(22)27/h6-17H,1-5H3. The van der Waals surface area contributed by atoms with Gasteiger partial charge >= 0.3 is 0 Å². The van der Waals surface area contributed by atoms with Gasteiger partial charge in [0.15, 0.2) is 0 Å². The Morgan fingerprint density at radius 3 is 2.38 bits per heavy atom. The van der Waals surface area contributed by atoms with E-state index in [2.05, 4.69) is 100 Å². The van der Waals surface area contributed by atoms with Crippen LogP contribution in [0.5, 0.6) is 0 Å². The van der Waals surface area contributed by atoms with Crippen molar-refractivity contribution >= 4 is 24.0 Å². The van der Waals surface area contributed by atoms with Gasteiger partial charge in [0.05, 0.1) is 13.8 Å². The summed E-state index contributed by atoms with van der Waals surface area (Å²) in [5, 5.41) is 4.14. The van der Waals surface area contributed by atoms with Crippen LogP contribution in [0, 0.1) is 0 Å². The predicted octanol–water partition coefficient (Wildman–Crippen LogP) is 6.75. The summed E-state index contributed by atoms with van der Waals surface area (Å²) in [7, 11) is -1.37. The van der Waals surface area contributed by atoms with Gasteiger partial charge in [-0.2, -0.15) is 0 Å². The lowest BCUT2D eigenvalue weighted by Crippen LogP contribution is -2.37. The van der Waals surface area contributed by atoms with Crippen molar-refractivity contribution in [3.05, 3.63) is 84.1 Å². The van der Waals surface area contributed by atoms with Gasteiger partial charge in [0.1, 0.15) is 0 Å². The SMILES string of the molecule is CC1(C)c2ccc(-c3cc([Si](C)(C)C)ccn3)cc2-c2ccc3ccccc3c21. The minimum atomic E-state index is -1.37. The van der Waals surface area contributed by atoms with Crippen molar-refractivity contribution in [2.75, 3.05) is 0 Å². The third kappa shape index (κ3) is 2.78. The van der Waals surface area contributed by atoms with Crippen molar-refractivity contribution in [1.29, 1.82) is 0 Å². The van der Waals surface area contributed by atoms with Crippen molar-refractivity contribution in [1.82, 2.24) is 4.98 Å². The Morgan fingerprint density at radius 1 is 0.793 bits per heavy atom. The summed E-state index contributed by atoms with van der Waals surface area (Å²) in [5.74, 6) is 0. The Hall–Kier alpha value is -2.71. The van der Waals surface area contributed by atoms with E-state index in [1.807, 2.05) is 6.20 Å². The normalized spacial score (nSPS) is 14.7. The van der Waals surface area contributed by atoms with E-state index in [9.17, 15) is 0 Å². The van der Waals surface area contributed by atoms with Gasteiger partial charge < -0.3 is 0 Å². The number of hydrogen-bond acceptors (Lipinski definition) is 1. The van der Waals surface area contributed by atoms with Gasteiger partial charge in [-0.25, -0.2) is 0 Å². The van der Waals surface area contributed by atoms with E-state index in [1.165, 1.54) is 43.8 Å². The van der Waals surface area contributed by atoms with Crippen molar-refractivity contribution in [3.63, 3.8) is 0 Å². The van der Waals surface area contributed by atoms with Gasteiger partial charge in [-0.1, -0.05) is 87.2 Å². The number of pyridine rings is 1.